The third kappa shape index (κ3) is 1.58. The van der Waals surface area contributed by atoms with Crippen LogP contribution in [-0.2, 0) is 18.6 Å². The van der Waals surface area contributed by atoms with E-state index >= 15 is 0 Å². The van der Waals surface area contributed by atoms with Crippen LogP contribution in [-0.4, -0.2) is 19.7 Å². The lowest BCUT2D eigenvalue weighted by atomic mass is 10.2. The Morgan fingerprint density at radius 1 is 1.50 bits per heavy atom. The molecule has 16 heavy (non-hydrogen) atoms. The van der Waals surface area contributed by atoms with E-state index < -0.39 is 0 Å². The Labute approximate surface area is 102 Å². The lowest BCUT2D eigenvalue weighted by molar-refractivity contribution is 0.768. The second-order valence-corrected chi connectivity index (χ2v) is 5.12. The number of nitrogens with zero attached hydrogens (tertiary/aromatic N) is 3. The molecule has 0 bridgehead atoms. The molecule has 3 heterocycles. The van der Waals surface area contributed by atoms with Gasteiger partial charge in [-0.1, -0.05) is 12.2 Å². The molecule has 2 aromatic heterocycles. The van der Waals surface area contributed by atoms with Crippen molar-refractivity contribution >= 4 is 24.0 Å². The van der Waals surface area contributed by atoms with Gasteiger partial charge >= 0.3 is 0 Å². The molecule has 2 aromatic rings. The highest BCUT2D eigenvalue weighted by molar-refractivity contribution is 7.98. The molecule has 82 valence electrons. The predicted molar refractivity (Wildman–Crippen MR) is 66.6 cm³/mol. The topological polar surface area (TPSA) is 46.5 Å². The van der Waals surface area contributed by atoms with Crippen molar-refractivity contribution in [2.75, 3.05) is 0 Å². The van der Waals surface area contributed by atoms with Gasteiger partial charge in [-0.2, -0.15) is 16.9 Å². The molecule has 0 spiro atoms. The van der Waals surface area contributed by atoms with Gasteiger partial charge in [-0.3, -0.25) is 4.68 Å². The monoisotopic (exact) mass is 250 g/mol. The SMILES string of the molecule is Cn1cc(-c2nc(=S)c3c([nH]2)CSC3)cn1. The maximum atomic E-state index is 5.30. The molecular weight excluding hydrogens is 240 g/mol. The number of fused-ring (bicyclic) bond motifs is 1. The summed E-state index contributed by atoms with van der Waals surface area (Å²) in [4.78, 5) is 7.76. The molecule has 0 amide bonds. The standard InChI is InChI=1S/C10H10N4S2/c1-14-3-6(2-11-14)9-12-8-5-16-4-7(8)10(15)13-9/h2-3H,4-5H2,1H3,(H,12,13,15). The zero-order valence-corrected chi connectivity index (χ0v) is 10.4. The van der Waals surface area contributed by atoms with Gasteiger partial charge in [-0.05, 0) is 0 Å². The minimum Gasteiger partial charge on any atom is -0.342 e. The van der Waals surface area contributed by atoms with Gasteiger partial charge in [0, 0.05) is 36.0 Å². The third-order valence-electron chi connectivity index (χ3n) is 2.58. The number of thioether (sulfide) groups is 1. The molecular formula is C10H10N4S2. The van der Waals surface area contributed by atoms with Gasteiger partial charge in [-0.15, -0.1) is 0 Å². The number of H-pyrrole nitrogens is 1. The lowest BCUT2D eigenvalue weighted by Crippen LogP contribution is -1.96. The molecule has 1 N–H and O–H groups in total. The third-order valence-corrected chi connectivity index (χ3v) is 3.90. The summed E-state index contributed by atoms with van der Waals surface area (Å²) in [6.07, 6.45) is 3.73. The number of aromatic amines is 1. The van der Waals surface area contributed by atoms with E-state index in [2.05, 4.69) is 15.1 Å². The smallest absolute Gasteiger partial charge is 0.142 e. The van der Waals surface area contributed by atoms with Gasteiger partial charge in [0.1, 0.15) is 10.5 Å². The van der Waals surface area contributed by atoms with Crippen molar-refractivity contribution in [3.05, 3.63) is 28.3 Å². The largest absolute Gasteiger partial charge is 0.342 e. The minimum absolute atomic E-state index is 0.720. The fourth-order valence-electron chi connectivity index (χ4n) is 1.75. The first-order valence-electron chi connectivity index (χ1n) is 4.93. The maximum absolute atomic E-state index is 5.30. The van der Waals surface area contributed by atoms with Gasteiger partial charge in [0.25, 0.3) is 0 Å². The van der Waals surface area contributed by atoms with Crippen molar-refractivity contribution in [3.8, 4) is 11.4 Å². The lowest BCUT2D eigenvalue weighted by Gasteiger charge is -2.02. The van der Waals surface area contributed by atoms with Crippen LogP contribution in [0.15, 0.2) is 12.4 Å². The Hall–Kier alpha value is -1.14. The number of hydrogen-bond acceptors (Lipinski definition) is 4. The van der Waals surface area contributed by atoms with E-state index in [4.69, 9.17) is 12.2 Å². The molecule has 0 saturated carbocycles. The second-order valence-electron chi connectivity index (χ2n) is 3.74. The van der Waals surface area contributed by atoms with Gasteiger partial charge in [0.15, 0.2) is 0 Å². The Bertz CT molecular complexity index is 599. The first-order valence-corrected chi connectivity index (χ1v) is 6.49. The van der Waals surface area contributed by atoms with Crippen LogP contribution in [0.3, 0.4) is 0 Å². The summed E-state index contributed by atoms with van der Waals surface area (Å²) in [5.41, 5.74) is 3.38. The quantitative estimate of drug-likeness (QED) is 0.789. The Morgan fingerprint density at radius 2 is 2.38 bits per heavy atom. The first-order chi connectivity index (χ1) is 7.74. The molecule has 1 aliphatic rings. The number of aryl methyl sites for hydroxylation is 1. The van der Waals surface area contributed by atoms with E-state index in [1.165, 1.54) is 11.3 Å². The van der Waals surface area contributed by atoms with Crippen LogP contribution in [0, 0.1) is 4.64 Å². The highest BCUT2D eigenvalue weighted by atomic mass is 32.2. The average Bonchev–Trinajstić information content (AvgIpc) is 2.85. The van der Waals surface area contributed by atoms with E-state index in [1.54, 1.807) is 10.9 Å². The summed E-state index contributed by atoms with van der Waals surface area (Å²) < 4.78 is 2.48. The van der Waals surface area contributed by atoms with Crippen molar-refractivity contribution in [2.24, 2.45) is 7.05 Å². The number of nitrogens with one attached hydrogen (secondary N) is 1. The molecule has 0 aliphatic carbocycles. The molecule has 0 unspecified atom stereocenters. The van der Waals surface area contributed by atoms with Crippen molar-refractivity contribution < 1.29 is 0 Å². The molecule has 0 saturated heterocycles. The summed E-state index contributed by atoms with van der Waals surface area (Å²) >= 11 is 7.17. The predicted octanol–water partition coefficient (Wildman–Crippen LogP) is 2.29. The van der Waals surface area contributed by atoms with Crippen LogP contribution in [0.5, 0.6) is 0 Å². The molecule has 4 nitrogen and oxygen atoms in total. The van der Waals surface area contributed by atoms with Crippen LogP contribution in [0.25, 0.3) is 11.4 Å². The van der Waals surface area contributed by atoms with Gasteiger partial charge < -0.3 is 4.98 Å². The van der Waals surface area contributed by atoms with Crippen molar-refractivity contribution in [1.82, 2.24) is 19.7 Å². The summed E-state index contributed by atoms with van der Waals surface area (Å²) in [6, 6.07) is 0. The Balaban J connectivity index is 2.16. The van der Waals surface area contributed by atoms with E-state index in [0.29, 0.717) is 0 Å². The van der Waals surface area contributed by atoms with Crippen LogP contribution in [0.4, 0.5) is 0 Å². The van der Waals surface area contributed by atoms with Gasteiger partial charge in [-0.25, -0.2) is 4.98 Å². The van der Waals surface area contributed by atoms with Crippen LogP contribution >= 0.6 is 24.0 Å². The number of rotatable bonds is 1. The maximum Gasteiger partial charge on any atom is 0.142 e. The highest BCUT2D eigenvalue weighted by Gasteiger charge is 2.16. The normalized spacial score (nSPS) is 14.1. The number of aromatic nitrogens is 4. The zero-order chi connectivity index (χ0) is 11.1. The van der Waals surface area contributed by atoms with Crippen molar-refractivity contribution in [3.63, 3.8) is 0 Å². The highest BCUT2D eigenvalue weighted by Crippen LogP contribution is 2.30. The summed E-state index contributed by atoms with van der Waals surface area (Å²) in [5.74, 6) is 2.79. The molecule has 0 fully saturated rings. The van der Waals surface area contributed by atoms with Crippen molar-refractivity contribution in [2.45, 2.75) is 11.5 Å². The second kappa shape index (κ2) is 3.71. The molecule has 3 rings (SSSR count). The fourth-order valence-corrected chi connectivity index (χ4v) is 3.20. The van der Waals surface area contributed by atoms with E-state index in [-0.39, 0.29) is 0 Å². The molecule has 0 atom stereocenters. The van der Waals surface area contributed by atoms with Crippen LogP contribution in [0.1, 0.15) is 11.3 Å². The van der Waals surface area contributed by atoms with E-state index in [9.17, 15) is 0 Å². The van der Waals surface area contributed by atoms with Crippen LogP contribution in [0.2, 0.25) is 0 Å². The number of hydrogen-bond donors (Lipinski definition) is 1. The molecule has 0 radical (unpaired) electrons. The Kier molecular flexibility index (Phi) is 2.33. The Morgan fingerprint density at radius 3 is 3.12 bits per heavy atom. The fraction of sp³-hybridized carbons (Fsp3) is 0.300. The van der Waals surface area contributed by atoms with Crippen molar-refractivity contribution in [1.29, 1.82) is 0 Å². The zero-order valence-electron chi connectivity index (χ0n) is 8.73. The summed E-state index contributed by atoms with van der Waals surface area (Å²) in [6.45, 7) is 0. The first kappa shape index (κ1) is 10.0. The van der Waals surface area contributed by atoms with Crippen LogP contribution < -0.4 is 0 Å². The van der Waals surface area contributed by atoms with Gasteiger partial charge in [0.05, 0.1) is 11.8 Å². The van der Waals surface area contributed by atoms with E-state index in [1.807, 2.05) is 25.0 Å². The molecule has 0 aromatic carbocycles. The summed E-state index contributed by atoms with van der Waals surface area (Å²) in [7, 11) is 1.89. The summed E-state index contributed by atoms with van der Waals surface area (Å²) in [5, 5.41) is 4.13. The molecule has 6 heteroatoms. The minimum atomic E-state index is 0.720. The molecule has 1 aliphatic heterocycles. The average molecular weight is 250 g/mol. The van der Waals surface area contributed by atoms with Gasteiger partial charge in [0.2, 0.25) is 0 Å². The van der Waals surface area contributed by atoms with E-state index in [0.717, 1.165) is 27.5 Å².